The molecule has 2 unspecified atom stereocenters. The lowest BCUT2D eigenvalue weighted by atomic mass is 9.99. The highest BCUT2D eigenvalue weighted by Crippen LogP contribution is 2.24. The Bertz CT molecular complexity index is 639. The van der Waals surface area contributed by atoms with Gasteiger partial charge in [-0.05, 0) is 56.5 Å². The molecule has 0 saturated heterocycles. The van der Waals surface area contributed by atoms with Crippen molar-refractivity contribution in [2.45, 2.75) is 39.8 Å². The third-order valence-electron chi connectivity index (χ3n) is 3.84. The first kappa shape index (κ1) is 16.0. The van der Waals surface area contributed by atoms with Gasteiger partial charge in [0.1, 0.15) is 5.82 Å². The average molecular weight is 306 g/mol. The molecule has 1 nitrogen and oxygen atoms in total. The summed E-state index contributed by atoms with van der Waals surface area (Å²) in [6.07, 6.45) is 0. The van der Waals surface area contributed by atoms with Gasteiger partial charge in [0, 0.05) is 12.1 Å². The maximum absolute atomic E-state index is 13.5. The summed E-state index contributed by atoms with van der Waals surface area (Å²) in [5.41, 5.74) is 4.69. The number of halogens is 2. The van der Waals surface area contributed by atoms with Crippen molar-refractivity contribution in [1.29, 1.82) is 0 Å². The Morgan fingerprint density at radius 1 is 1.00 bits per heavy atom. The van der Waals surface area contributed by atoms with E-state index in [-0.39, 0.29) is 22.9 Å². The van der Waals surface area contributed by atoms with Gasteiger partial charge in [-0.3, -0.25) is 0 Å². The van der Waals surface area contributed by atoms with Crippen LogP contribution in [0, 0.1) is 19.7 Å². The molecule has 0 heterocycles. The van der Waals surface area contributed by atoms with E-state index < -0.39 is 0 Å². The Labute approximate surface area is 131 Å². The van der Waals surface area contributed by atoms with E-state index in [0.29, 0.717) is 0 Å². The normalized spacial score (nSPS) is 14.0. The highest BCUT2D eigenvalue weighted by atomic mass is 35.5. The second-order valence-electron chi connectivity index (χ2n) is 5.64. The van der Waals surface area contributed by atoms with Crippen LogP contribution in [0.15, 0.2) is 36.4 Å². The van der Waals surface area contributed by atoms with E-state index in [1.165, 1.54) is 22.8 Å². The van der Waals surface area contributed by atoms with Crippen LogP contribution in [0.2, 0.25) is 5.02 Å². The van der Waals surface area contributed by atoms with Crippen LogP contribution in [0.3, 0.4) is 0 Å². The molecule has 0 aliphatic heterocycles. The number of aryl methyl sites for hydroxylation is 2. The van der Waals surface area contributed by atoms with E-state index in [4.69, 9.17) is 11.6 Å². The molecule has 3 heteroatoms. The van der Waals surface area contributed by atoms with Gasteiger partial charge in [-0.2, -0.15) is 0 Å². The Kier molecular flexibility index (Phi) is 5.02. The summed E-state index contributed by atoms with van der Waals surface area (Å²) >= 11 is 5.73. The van der Waals surface area contributed by atoms with Gasteiger partial charge in [0.2, 0.25) is 0 Å². The Morgan fingerprint density at radius 3 is 2.33 bits per heavy atom. The van der Waals surface area contributed by atoms with Gasteiger partial charge in [-0.1, -0.05) is 41.4 Å². The second-order valence-corrected chi connectivity index (χ2v) is 6.05. The van der Waals surface area contributed by atoms with E-state index in [1.807, 2.05) is 13.0 Å². The predicted octanol–water partition coefficient (Wildman–Crippen LogP) is 5.51. The molecule has 2 atom stereocenters. The molecular formula is C18H21ClFN. The van der Waals surface area contributed by atoms with Crippen molar-refractivity contribution in [3.05, 3.63) is 69.5 Å². The van der Waals surface area contributed by atoms with Crippen LogP contribution in [0.4, 0.5) is 4.39 Å². The van der Waals surface area contributed by atoms with Crippen LogP contribution < -0.4 is 5.32 Å². The van der Waals surface area contributed by atoms with E-state index in [0.717, 1.165) is 5.56 Å². The summed E-state index contributed by atoms with van der Waals surface area (Å²) < 4.78 is 13.5. The summed E-state index contributed by atoms with van der Waals surface area (Å²) in [6.45, 7) is 8.37. The summed E-state index contributed by atoms with van der Waals surface area (Å²) in [6, 6.07) is 11.6. The molecule has 0 amide bonds. The molecule has 21 heavy (non-hydrogen) atoms. The number of hydrogen-bond acceptors (Lipinski definition) is 1. The molecule has 1 N–H and O–H groups in total. The van der Waals surface area contributed by atoms with E-state index in [1.54, 1.807) is 6.07 Å². The van der Waals surface area contributed by atoms with Gasteiger partial charge in [-0.15, -0.1) is 0 Å². The van der Waals surface area contributed by atoms with Gasteiger partial charge in [0.15, 0.2) is 0 Å². The van der Waals surface area contributed by atoms with Crippen LogP contribution in [0.25, 0.3) is 0 Å². The first-order valence-corrected chi connectivity index (χ1v) is 7.54. The minimum Gasteiger partial charge on any atom is -0.304 e. The van der Waals surface area contributed by atoms with Gasteiger partial charge < -0.3 is 5.32 Å². The lowest BCUT2D eigenvalue weighted by Crippen LogP contribution is -2.23. The predicted molar refractivity (Wildman–Crippen MR) is 87.3 cm³/mol. The molecule has 2 aromatic carbocycles. The zero-order chi connectivity index (χ0) is 15.6. The van der Waals surface area contributed by atoms with Crippen molar-refractivity contribution in [3.8, 4) is 0 Å². The zero-order valence-electron chi connectivity index (χ0n) is 12.9. The summed E-state index contributed by atoms with van der Waals surface area (Å²) in [7, 11) is 0. The van der Waals surface area contributed by atoms with Crippen LogP contribution >= 0.6 is 11.6 Å². The molecule has 0 aliphatic carbocycles. The number of nitrogens with one attached hydrogen (secondary N) is 1. The fourth-order valence-corrected chi connectivity index (χ4v) is 2.77. The minimum atomic E-state index is -0.373. The number of hydrogen-bond donors (Lipinski definition) is 1. The first-order chi connectivity index (χ1) is 9.88. The molecule has 2 rings (SSSR count). The second kappa shape index (κ2) is 6.59. The van der Waals surface area contributed by atoms with Crippen LogP contribution in [0.5, 0.6) is 0 Å². The van der Waals surface area contributed by atoms with Gasteiger partial charge in [0.25, 0.3) is 0 Å². The average Bonchev–Trinajstić information content (AvgIpc) is 2.41. The van der Waals surface area contributed by atoms with E-state index in [2.05, 4.69) is 44.3 Å². The fraction of sp³-hybridized carbons (Fsp3) is 0.333. The lowest BCUT2D eigenvalue weighted by Gasteiger charge is -2.22. The molecule has 0 spiro atoms. The summed E-state index contributed by atoms with van der Waals surface area (Å²) in [5, 5.41) is 3.67. The van der Waals surface area contributed by atoms with E-state index in [9.17, 15) is 4.39 Å². The minimum absolute atomic E-state index is 0.0486. The summed E-state index contributed by atoms with van der Waals surface area (Å²) in [4.78, 5) is 0. The van der Waals surface area contributed by atoms with Crippen molar-refractivity contribution in [3.63, 3.8) is 0 Å². The monoisotopic (exact) mass is 305 g/mol. The van der Waals surface area contributed by atoms with Crippen molar-refractivity contribution in [1.82, 2.24) is 5.32 Å². The van der Waals surface area contributed by atoms with Gasteiger partial charge >= 0.3 is 0 Å². The molecule has 112 valence electrons. The molecule has 0 aliphatic rings. The first-order valence-electron chi connectivity index (χ1n) is 7.16. The Balaban J connectivity index is 2.14. The number of rotatable bonds is 4. The van der Waals surface area contributed by atoms with Crippen LogP contribution in [-0.2, 0) is 0 Å². The molecule has 0 radical (unpaired) electrons. The molecule has 0 bridgehead atoms. The highest BCUT2D eigenvalue weighted by Gasteiger charge is 2.14. The SMILES string of the molecule is Cc1ccc(C(C)NC(C)c2ccc(Cl)c(F)c2)c(C)c1. The Hall–Kier alpha value is -1.38. The smallest absolute Gasteiger partial charge is 0.142 e. The molecule has 2 aromatic rings. The Morgan fingerprint density at radius 2 is 1.71 bits per heavy atom. The van der Waals surface area contributed by atoms with Crippen molar-refractivity contribution in [2.24, 2.45) is 0 Å². The maximum atomic E-state index is 13.5. The zero-order valence-corrected chi connectivity index (χ0v) is 13.6. The quantitative estimate of drug-likeness (QED) is 0.785. The summed E-state index contributed by atoms with van der Waals surface area (Å²) in [5.74, 6) is -0.373. The van der Waals surface area contributed by atoms with Crippen molar-refractivity contribution >= 4 is 11.6 Å². The van der Waals surface area contributed by atoms with Crippen molar-refractivity contribution < 1.29 is 4.39 Å². The van der Waals surface area contributed by atoms with E-state index >= 15 is 0 Å². The van der Waals surface area contributed by atoms with Crippen LogP contribution in [-0.4, -0.2) is 0 Å². The largest absolute Gasteiger partial charge is 0.304 e. The highest BCUT2D eigenvalue weighted by molar-refractivity contribution is 6.30. The molecule has 0 aromatic heterocycles. The molecule has 0 fully saturated rings. The van der Waals surface area contributed by atoms with Crippen molar-refractivity contribution in [2.75, 3.05) is 0 Å². The van der Waals surface area contributed by atoms with Crippen LogP contribution in [0.1, 0.15) is 48.2 Å². The van der Waals surface area contributed by atoms with Gasteiger partial charge in [0.05, 0.1) is 5.02 Å². The standard InChI is InChI=1S/C18H21ClFN/c1-11-5-7-16(12(2)9-11)14(4)21-13(3)15-6-8-17(19)18(20)10-15/h5-10,13-14,21H,1-4H3. The molecular weight excluding hydrogens is 285 g/mol. The third-order valence-corrected chi connectivity index (χ3v) is 4.14. The maximum Gasteiger partial charge on any atom is 0.142 e. The third kappa shape index (κ3) is 3.84. The fourth-order valence-electron chi connectivity index (χ4n) is 2.65. The lowest BCUT2D eigenvalue weighted by molar-refractivity contribution is 0.490. The molecule has 0 saturated carbocycles. The van der Waals surface area contributed by atoms with Gasteiger partial charge in [-0.25, -0.2) is 4.39 Å². The number of benzene rings is 2. The topological polar surface area (TPSA) is 12.0 Å².